The summed E-state index contributed by atoms with van der Waals surface area (Å²) >= 11 is 0. The summed E-state index contributed by atoms with van der Waals surface area (Å²) in [5, 5.41) is 2.66. The first-order valence-electron chi connectivity index (χ1n) is 7.76. The number of halogens is 1. The van der Waals surface area contributed by atoms with Crippen molar-refractivity contribution in [1.29, 1.82) is 0 Å². The van der Waals surface area contributed by atoms with E-state index in [0.29, 0.717) is 17.5 Å². The second kappa shape index (κ2) is 7.21. The van der Waals surface area contributed by atoms with Crippen LogP contribution in [0.4, 0.5) is 4.39 Å². The molecule has 1 saturated carbocycles. The van der Waals surface area contributed by atoms with E-state index in [-0.39, 0.29) is 42.7 Å². The average Bonchev–Trinajstić information content (AvgIpc) is 3.40. The summed E-state index contributed by atoms with van der Waals surface area (Å²) in [6.07, 6.45) is 3.67. The molecule has 1 heterocycles. The topological polar surface area (TPSA) is 68.3 Å². The quantitative estimate of drug-likeness (QED) is 0.652. The normalized spacial score (nSPS) is 18.7. The third kappa shape index (κ3) is 3.76. The van der Waals surface area contributed by atoms with Gasteiger partial charge in [-0.2, -0.15) is 0 Å². The molecule has 6 heteroatoms. The Balaban J connectivity index is 1.40. The average molecular weight is 328 g/mol. The first kappa shape index (κ1) is 16.1. The van der Waals surface area contributed by atoms with Crippen molar-refractivity contribution in [2.45, 2.75) is 12.3 Å². The van der Waals surface area contributed by atoms with Gasteiger partial charge in [0.2, 0.25) is 0 Å². The lowest BCUT2D eigenvalue weighted by atomic mass is 10.1. The van der Waals surface area contributed by atoms with E-state index in [1.54, 1.807) is 30.3 Å². The van der Waals surface area contributed by atoms with E-state index in [1.165, 1.54) is 18.5 Å². The van der Waals surface area contributed by atoms with Crippen molar-refractivity contribution in [2.24, 2.45) is 5.92 Å². The lowest BCUT2D eigenvalue weighted by molar-refractivity contribution is -0.145. The monoisotopic (exact) mass is 328 g/mol. The fourth-order valence-corrected chi connectivity index (χ4v) is 2.60. The number of amides is 1. The lowest BCUT2D eigenvalue weighted by Crippen LogP contribution is -2.28. The number of rotatable bonds is 6. The number of carbonyl (C=O) groups excluding carboxylic acids is 2. The van der Waals surface area contributed by atoms with Gasteiger partial charge in [0.25, 0.3) is 5.91 Å². The van der Waals surface area contributed by atoms with Crippen molar-refractivity contribution in [3.05, 3.63) is 65.7 Å². The van der Waals surface area contributed by atoms with Crippen LogP contribution in [0.5, 0.6) is 0 Å². The summed E-state index contributed by atoms with van der Waals surface area (Å²) in [4.78, 5) is 27.6. The van der Waals surface area contributed by atoms with Crippen LogP contribution in [0.1, 0.15) is 28.3 Å². The molecule has 1 aromatic carbocycles. The Labute approximate surface area is 138 Å². The molecule has 0 saturated heterocycles. The van der Waals surface area contributed by atoms with Crippen molar-refractivity contribution < 1.29 is 18.7 Å². The molecule has 0 aliphatic heterocycles. The molecule has 2 atom stereocenters. The van der Waals surface area contributed by atoms with Crippen molar-refractivity contribution in [3.8, 4) is 0 Å². The van der Waals surface area contributed by atoms with Crippen LogP contribution in [0.15, 0.2) is 48.8 Å². The summed E-state index contributed by atoms with van der Waals surface area (Å²) < 4.78 is 18.8. The molecule has 0 bridgehead atoms. The van der Waals surface area contributed by atoms with E-state index in [1.807, 2.05) is 0 Å². The molecular weight excluding hydrogens is 311 g/mol. The van der Waals surface area contributed by atoms with Crippen LogP contribution in [-0.2, 0) is 9.53 Å². The molecule has 1 fully saturated rings. The maximum Gasteiger partial charge on any atom is 0.309 e. The number of nitrogens with one attached hydrogen (secondary N) is 1. The summed E-state index contributed by atoms with van der Waals surface area (Å²) in [7, 11) is 0. The maximum atomic E-state index is 13.7. The molecule has 1 amide bonds. The Morgan fingerprint density at radius 2 is 1.96 bits per heavy atom. The SMILES string of the molecule is O=C(NCCOC(=O)C1CC1c1ccccc1F)c1ccncc1. The standard InChI is InChI=1S/C18H17FN2O3/c19-16-4-2-1-3-13(16)14-11-15(14)18(23)24-10-9-21-17(22)12-5-7-20-8-6-12/h1-8,14-15H,9-11H2,(H,21,22). The van der Waals surface area contributed by atoms with Crippen LogP contribution in [-0.4, -0.2) is 30.0 Å². The number of esters is 1. The van der Waals surface area contributed by atoms with Crippen LogP contribution >= 0.6 is 0 Å². The molecule has 124 valence electrons. The molecule has 5 nitrogen and oxygen atoms in total. The van der Waals surface area contributed by atoms with Gasteiger partial charge < -0.3 is 10.1 Å². The highest BCUT2D eigenvalue weighted by molar-refractivity contribution is 5.93. The van der Waals surface area contributed by atoms with Gasteiger partial charge in [-0.15, -0.1) is 0 Å². The first-order valence-corrected chi connectivity index (χ1v) is 7.76. The van der Waals surface area contributed by atoms with Crippen LogP contribution < -0.4 is 5.32 Å². The summed E-state index contributed by atoms with van der Waals surface area (Å²) in [5.74, 6) is -1.28. The number of carbonyl (C=O) groups is 2. The fourth-order valence-electron chi connectivity index (χ4n) is 2.60. The minimum atomic E-state index is -0.346. The van der Waals surface area contributed by atoms with Crippen molar-refractivity contribution in [2.75, 3.05) is 13.2 Å². The Kier molecular flexibility index (Phi) is 4.84. The predicted octanol–water partition coefficient (Wildman–Crippen LogP) is 2.30. The number of nitrogens with zero attached hydrogens (tertiary/aromatic N) is 1. The van der Waals surface area contributed by atoms with E-state index >= 15 is 0 Å². The van der Waals surface area contributed by atoms with Gasteiger partial charge >= 0.3 is 5.97 Å². The molecular formula is C18H17FN2O3. The molecule has 0 spiro atoms. The molecule has 3 rings (SSSR count). The second-order valence-electron chi connectivity index (χ2n) is 5.63. The highest BCUT2D eigenvalue weighted by atomic mass is 19.1. The number of hydrogen-bond acceptors (Lipinski definition) is 4. The fraction of sp³-hybridized carbons (Fsp3) is 0.278. The zero-order valence-corrected chi connectivity index (χ0v) is 12.9. The molecule has 1 N–H and O–H groups in total. The van der Waals surface area contributed by atoms with Gasteiger partial charge in [-0.3, -0.25) is 14.6 Å². The Hall–Kier alpha value is -2.76. The number of aromatic nitrogens is 1. The van der Waals surface area contributed by atoms with Gasteiger partial charge in [-0.1, -0.05) is 18.2 Å². The molecule has 2 aromatic rings. The molecule has 24 heavy (non-hydrogen) atoms. The predicted molar refractivity (Wildman–Crippen MR) is 84.8 cm³/mol. The summed E-state index contributed by atoms with van der Waals surface area (Å²) in [6.45, 7) is 0.320. The maximum absolute atomic E-state index is 13.7. The summed E-state index contributed by atoms with van der Waals surface area (Å²) in [5.41, 5.74) is 1.06. The van der Waals surface area contributed by atoms with Gasteiger partial charge in [0.15, 0.2) is 0 Å². The zero-order chi connectivity index (χ0) is 16.9. The largest absolute Gasteiger partial charge is 0.464 e. The van der Waals surface area contributed by atoms with Crippen LogP contribution in [0, 0.1) is 11.7 Å². The lowest BCUT2D eigenvalue weighted by Gasteiger charge is -2.07. The number of benzene rings is 1. The second-order valence-corrected chi connectivity index (χ2v) is 5.63. The number of ether oxygens (including phenoxy) is 1. The van der Waals surface area contributed by atoms with E-state index in [9.17, 15) is 14.0 Å². The molecule has 1 aliphatic rings. The van der Waals surface area contributed by atoms with Gasteiger partial charge in [-0.25, -0.2) is 4.39 Å². The van der Waals surface area contributed by atoms with Gasteiger partial charge in [0.1, 0.15) is 12.4 Å². The molecule has 0 radical (unpaired) electrons. The number of pyridine rings is 1. The van der Waals surface area contributed by atoms with E-state index in [0.717, 1.165) is 0 Å². The Morgan fingerprint density at radius 3 is 2.71 bits per heavy atom. The van der Waals surface area contributed by atoms with Gasteiger partial charge in [0, 0.05) is 23.9 Å². The van der Waals surface area contributed by atoms with E-state index in [2.05, 4.69) is 10.3 Å². The molecule has 1 aliphatic carbocycles. The minimum absolute atomic E-state index is 0.0934. The minimum Gasteiger partial charge on any atom is -0.464 e. The van der Waals surface area contributed by atoms with Gasteiger partial charge in [-0.05, 0) is 30.2 Å². The summed E-state index contributed by atoms with van der Waals surface area (Å²) in [6, 6.07) is 9.68. The van der Waals surface area contributed by atoms with Crippen LogP contribution in [0.25, 0.3) is 0 Å². The Bertz CT molecular complexity index is 736. The molecule has 1 aromatic heterocycles. The van der Waals surface area contributed by atoms with E-state index in [4.69, 9.17) is 4.74 Å². The molecule has 2 unspecified atom stereocenters. The van der Waals surface area contributed by atoms with Crippen LogP contribution in [0.2, 0.25) is 0 Å². The van der Waals surface area contributed by atoms with Gasteiger partial charge in [0.05, 0.1) is 12.5 Å². The third-order valence-electron chi connectivity index (χ3n) is 3.97. The first-order chi connectivity index (χ1) is 11.7. The van der Waals surface area contributed by atoms with E-state index < -0.39 is 0 Å². The van der Waals surface area contributed by atoms with Crippen LogP contribution in [0.3, 0.4) is 0 Å². The third-order valence-corrected chi connectivity index (χ3v) is 3.97. The number of hydrogen-bond donors (Lipinski definition) is 1. The highest BCUT2D eigenvalue weighted by Gasteiger charge is 2.46. The highest BCUT2D eigenvalue weighted by Crippen LogP contribution is 2.48. The smallest absolute Gasteiger partial charge is 0.309 e. The zero-order valence-electron chi connectivity index (χ0n) is 12.9. The Morgan fingerprint density at radius 1 is 1.21 bits per heavy atom. The van der Waals surface area contributed by atoms with Crippen molar-refractivity contribution in [1.82, 2.24) is 10.3 Å². The van der Waals surface area contributed by atoms with Crippen molar-refractivity contribution in [3.63, 3.8) is 0 Å². The van der Waals surface area contributed by atoms with Crippen molar-refractivity contribution >= 4 is 11.9 Å².